The van der Waals surface area contributed by atoms with Gasteiger partial charge in [0.1, 0.15) is 0 Å². The van der Waals surface area contributed by atoms with Crippen molar-refractivity contribution in [3.63, 3.8) is 0 Å². The summed E-state index contributed by atoms with van der Waals surface area (Å²) < 4.78 is 0. The van der Waals surface area contributed by atoms with Crippen molar-refractivity contribution in [3.8, 4) is 0 Å². The molecular formula is C14H28. The van der Waals surface area contributed by atoms with E-state index in [1.165, 1.54) is 31.3 Å². The Balaban J connectivity index is 4.03. The molecule has 0 spiro atoms. The summed E-state index contributed by atoms with van der Waals surface area (Å²) in [7, 11) is 0. The molecular weight excluding hydrogens is 168 g/mol. The van der Waals surface area contributed by atoms with E-state index in [9.17, 15) is 0 Å². The van der Waals surface area contributed by atoms with Gasteiger partial charge in [0.2, 0.25) is 0 Å². The summed E-state index contributed by atoms with van der Waals surface area (Å²) >= 11 is 0. The molecule has 0 aliphatic carbocycles. The zero-order chi connectivity index (χ0) is 11.1. The van der Waals surface area contributed by atoms with Crippen molar-refractivity contribution in [2.45, 2.75) is 60.3 Å². The normalized spacial score (nSPS) is 15.6. The second-order valence-electron chi connectivity index (χ2n) is 5.27. The van der Waals surface area contributed by atoms with Crippen molar-refractivity contribution in [3.05, 3.63) is 12.2 Å². The SMILES string of the molecule is C=C(C)CCC(CC(C)C)C(C)CC. The van der Waals surface area contributed by atoms with Gasteiger partial charge in [0.05, 0.1) is 0 Å². The number of hydrogen-bond acceptors (Lipinski definition) is 0. The van der Waals surface area contributed by atoms with Crippen LogP contribution in [-0.4, -0.2) is 0 Å². The molecule has 84 valence electrons. The molecule has 0 heterocycles. The van der Waals surface area contributed by atoms with Gasteiger partial charge < -0.3 is 0 Å². The summed E-state index contributed by atoms with van der Waals surface area (Å²) in [5.74, 6) is 2.60. The monoisotopic (exact) mass is 196 g/mol. The average molecular weight is 196 g/mol. The maximum absolute atomic E-state index is 3.99. The van der Waals surface area contributed by atoms with Crippen LogP contribution < -0.4 is 0 Å². The van der Waals surface area contributed by atoms with Gasteiger partial charge >= 0.3 is 0 Å². The molecule has 0 bridgehead atoms. The molecule has 0 aromatic rings. The smallest absolute Gasteiger partial charge is 0.0323 e. The second-order valence-corrected chi connectivity index (χ2v) is 5.27. The Morgan fingerprint density at radius 2 is 1.79 bits per heavy atom. The molecule has 0 aliphatic heterocycles. The maximum Gasteiger partial charge on any atom is -0.0323 e. The fourth-order valence-corrected chi connectivity index (χ4v) is 2.01. The van der Waals surface area contributed by atoms with Gasteiger partial charge in [-0.05, 0) is 43.9 Å². The van der Waals surface area contributed by atoms with Gasteiger partial charge in [-0.15, -0.1) is 6.58 Å². The predicted molar refractivity (Wildman–Crippen MR) is 66.4 cm³/mol. The van der Waals surface area contributed by atoms with Gasteiger partial charge in [0.15, 0.2) is 0 Å². The summed E-state index contributed by atoms with van der Waals surface area (Å²) in [5, 5.41) is 0. The Bertz CT molecular complexity index is 155. The topological polar surface area (TPSA) is 0 Å². The summed E-state index contributed by atoms with van der Waals surface area (Å²) in [6.45, 7) is 15.5. The molecule has 0 aromatic carbocycles. The van der Waals surface area contributed by atoms with Crippen molar-refractivity contribution in [2.75, 3.05) is 0 Å². The van der Waals surface area contributed by atoms with Crippen LogP contribution in [0.5, 0.6) is 0 Å². The van der Waals surface area contributed by atoms with E-state index >= 15 is 0 Å². The standard InChI is InChI=1S/C14H28/c1-7-13(6)14(10-12(4)5)9-8-11(2)3/h12-14H,2,7-10H2,1,3-6H3. The minimum Gasteiger partial charge on any atom is -0.100 e. The summed E-state index contributed by atoms with van der Waals surface area (Å²) in [4.78, 5) is 0. The molecule has 0 aliphatic rings. The van der Waals surface area contributed by atoms with Crippen LogP contribution in [0.4, 0.5) is 0 Å². The zero-order valence-electron chi connectivity index (χ0n) is 10.8. The van der Waals surface area contributed by atoms with Crippen LogP contribution in [0, 0.1) is 17.8 Å². The third kappa shape index (κ3) is 6.23. The lowest BCUT2D eigenvalue weighted by atomic mass is 9.81. The van der Waals surface area contributed by atoms with Crippen LogP contribution in [0.15, 0.2) is 12.2 Å². The molecule has 0 radical (unpaired) electrons. The van der Waals surface area contributed by atoms with E-state index in [1.54, 1.807) is 0 Å². The van der Waals surface area contributed by atoms with Crippen LogP contribution in [0.25, 0.3) is 0 Å². The van der Waals surface area contributed by atoms with Crippen LogP contribution in [0.2, 0.25) is 0 Å². The van der Waals surface area contributed by atoms with Crippen molar-refractivity contribution >= 4 is 0 Å². The van der Waals surface area contributed by atoms with Crippen molar-refractivity contribution in [1.29, 1.82) is 0 Å². The zero-order valence-corrected chi connectivity index (χ0v) is 10.8. The van der Waals surface area contributed by atoms with E-state index in [0.717, 1.165) is 17.8 Å². The molecule has 0 rings (SSSR count). The lowest BCUT2D eigenvalue weighted by Gasteiger charge is -2.24. The van der Waals surface area contributed by atoms with Gasteiger partial charge in [0.25, 0.3) is 0 Å². The summed E-state index contributed by atoms with van der Waals surface area (Å²) in [6, 6.07) is 0. The van der Waals surface area contributed by atoms with E-state index in [-0.39, 0.29) is 0 Å². The Hall–Kier alpha value is -0.260. The fourth-order valence-electron chi connectivity index (χ4n) is 2.01. The van der Waals surface area contributed by atoms with Gasteiger partial charge in [-0.3, -0.25) is 0 Å². The Morgan fingerprint density at radius 1 is 1.21 bits per heavy atom. The highest BCUT2D eigenvalue weighted by atomic mass is 14.2. The molecule has 0 saturated heterocycles. The molecule has 0 fully saturated rings. The third-order valence-electron chi connectivity index (χ3n) is 3.16. The molecule has 2 unspecified atom stereocenters. The van der Waals surface area contributed by atoms with Crippen molar-refractivity contribution in [1.82, 2.24) is 0 Å². The summed E-state index contributed by atoms with van der Waals surface area (Å²) in [5.41, 5.74) is 1.34. The lowest BCUT2D eigenvalue weighted by molar-refractivity contribution is 0.275. The average Bonchev–Trinajstić information content (AvgIpc) is 2.10. The molecule has 0 nitrogen and oxygen atoms in total. The first-order chi connectivity index (χ1) is 6.47. The third-order valence-corrected chi connectivity index (χ3v) is 3.16. The maximum atomic E-state index is 3.99. The van der Waals surface area contributed by atoms with Crippen LogP contribution in [0.1, 0.15) is 60.3 Å². The quantitative estimate of drug-likeness (QED) is 0.500. The molecule has 0 amide bonds. The molecule has 0 aromatic heterocycles. The highest BCUT2D eigenvalue weighted by molar-refractivity contribution is 4.88. The molecule has 0 heteroatoms. The molecule has 2 atom stereocenters. The predicted octanol–water partition coefficient (Wildman–Crippen LogP) is 5.05. The van der Waals surface area contributed by atoms with Gasteiger partial charge in [-0.1, -0.05) is 39.7 Å². The number of hydrogen-bond donors (Lipinski definition) is 0. The van der Waals surface area contributed by atoms with Crippen molar-refractivity contribution < 1.29 is 0 Å². The van der Waals surface area contributed by atoms with E-state index in [0.29, 0.717) is 0 Å². The van der Waals surface area contributed by atoms with Gasteiger partial charge in [-0.25, -0.2) is 0 Å². The number of rotatable bonds is 7. The van der Waals surface area contributed by atoms with Gasteiger partial charge in [-0.2, -0.15) is 0 Å². The highest BCUT2D eigenvalue weighted by Gasteiger charge is 2.16. The number of allylic oxidation sites excluding steroid dienone is 1. The first-order valence-corrected chi connectivity index (χ1v) is 6.11. The van der Waals surface area contributed by atoms with Crippen LogP contribution in [-0.2, 0) is 0 Å². The van der Waals surface area contributed by atoms with E-state index in [2.05, 4.69) is 41.2 Å². The second kappa shape index (κ2) is 7.09. The summed E-state index contributed by atoms with van der Waals surface area (Å²) in [6.07, 6.45) is 5.24. The fraction of sp³-hybridized carbons (Fsp3) is 0.857. The van der Waals surface area contributed by atoms with Gasteiger partial charge in [0, 0.05) is 0 Å². The Labute approximate surface area is 90.8 Å². The largest absolute Gasteiger partial charge is 0.100 e. The minimum atomic E-state index is 0.833. The van der Waals surface area contributed by atoms with E-state index < -0.39 is 0 Å². The Morgan fingerprint density at radius 3 is 2.14 bits per heavy atom. The molecule has 0 saturated carbocycles. The first kappa shape index (κ1) is 13.7. The molecule has 0 N–H and O–H groups in total. The van der Waals surface area contributed by atoms with Crippen LogP contribution in [0.3, 0.4) is 0 Å². The van der Waals surface area contributed by atoms with Crippen LogP contribution >= 0.6 is 0 Å². The van der Waals surface area contributed by atoms with E-state index in [4.69, 9.17) is 0 Å². The Kier molecular flexibility index (Phi) is 6.96. The van der Waals surface area contributed by atoms with E-state index in [1.807, 2.05) is 0 Å². The minimum absolute atomic E-state index is 0.833. The lowest BCUT2D eigenvalue weighted by Crippen LogP contribution is -2.13. The highest BCUT2D eigenvalue weighted by Crippen LogP contribution is 2.28. The van der Waals surface area contributed by atoms with Crippen molar-refractivity contribution in [2.24, 2.45) is 17.8 Å². The first-order valence-electron chi connectivity index (χ1n) is 6.11. The molecule has 14 heavy (non-hydrogen) atoms.